The largest absolute Gasteiger partial charge is 1.00 e. The average Bonchev–Trinajstić information content (AvgIpc) is 2.19. The molecule has 0 unspecified atom stereocenters. The van der Waals surface area contributed by atoms with Gasteiger partial charge in [-0.3, -0.25) is 0 Å². The Bertz CT molecular complexity index is 110. The van der Waals surface area contributed by atoms with Crippen molar-refractivity contribution in [3.63, 3.8) is 0 Å². The van der Waals surface area contributed by atoms with Crippen LogP contribution in [0.4, 0.5) is 0 Å². The minimum atomic E-state index is -0.661. The SMILES string of the molecule is CCC[N](CCC)[Nd+][N](CCC)CCC.[F-]. The van der Waals surface area contributed by atoms with E-state index in [0.717, 1.165) is 0 Å². The van der Waals surface area contributed by atoms with E-state index in [4.69, 9.17) is 0 Å². The van der Waals surface area contributed by atoms with Gasteiger partial charge in [0.25, 0.3) is 0 Å². The standard InChI is InChI=1S/2C6H14N.FH.Nd/c2*1-3-5-7-6-4-2;;/h2*3-6H2,1-2H3;1H;/q2*-1;;+3/p-1. The van der Waals surface area contributed by atoms with Gasteiger partial charge in [0.15, 0.2) is 0 Å². The van der Waals surface area contributed by atoms with Crippen LogP contribution < -0.4 is 4.70 Å². The Balaban J connectivity index is 0. The number of halogens is 1. The van der Waals surface area contributed by atoms with Gasteiger partial charge < -0.3 is 4.70 Å². The van der Waals surface area contributed by atoms with Crippen LogP contribution >= 0.6 is 0 Å². The maximum atomic E-state index is 2.78. The molecule has 0 aromatic rings. The minimum absolute atomic E-state index is 0. The normalized spacial score (nSPS) is 10.4. The van der Waals surface area contributed by atoms with Crippen LogP contribution in [0.1, 0.15) is 53.4 Å². The van der Waals surface area contributed by atoms with Gasteiger partial charge in [0.05, 0.1) is 0 Å². The zero-order valence-electron chi connectivity index (χ0n) is 11.4. The summed E-state index contributed by atoms with van der Waals surface area (Å²) in [6.45, 7) is 14.5. The summed E-state index contributed by atoms with van der Waals surface area (Å²) in [5.74, 6) is 0. The zero-order valence-corrected chi connectivity index (χ0v) is 14.6. The Kier molecular flexibility index (Phi) is 17.4. The van der Waals surface area contributed by atoms with E-state index in [1.165, 1.54) is 51.9 Å². The molecule has 0 aliphatic rings. The fraction of sp³-hybridized carbons (Fsp3) is 1.00. The monoisotopic (exact) mass is 361 g/mol. The van der Waals surface area contributed by atoms with Gasteiger partial charge in [-0.05, 0) is 0 Å². The molecule has 0 rings (SSSR count). The molecular weight excluding hydrogens is 335 g/mol. The second-order valence-corrected chi connectivity index (χ2v) is 8.77. The van der Waals surface area contributed by atoms with Crippen molar-refractivity contribution in [2.75, 3.05) is 26.2 Å². The van der Waals surface area contributed by atoms with E-state index < -0.39 is 37.5 Å². The molecule has 0 aliphatic carbocycles. The van der Waals surface area contributed by atoms with E-state index in [9.17, 15) is 0 Å². The molecule has 0 aromatic heterocycles. The molecule has 16 heavy (non-hydrogen) atoms. The van der Waals surface area contributed by atoms with Crippen LogP contribution in [0.2, 0.25) is 0 Å². The zero-order chi connectivity index (χ0) is 11.5. The van der Waals surface area contributed by atoms with Crippen LogP contribution in [-0.2, 0) is 0 Å². The second kappa shape index (κ2) is 14.3. The van der Waals surface area contributed by atoms with Crippen LogP contribution in [-0.4, -0.2) is 28.1 Å². The van der Waals surface area contributed by atoms with Crippen molar-refractivity contribution in [3.05, 3.63) is 0 Å². The number of hydrogen-bond donors (Lipinski definition) is 0. The molecule has 0 atom stereocenters. The second-order valence-electron chi connectivity index (χ2n) is 4.07. The molecule has 0 spiro atoms. The van der Waals surface area contributed by atoms with E-state index in [1.54, 1.807) is 0 Å². The molecular formula is C12H28FN2Nd. The van der Waals surface area contributed by atoms with E-state index in [2.05, 4.69) is 29.7 Å². The van der Waals surface area contributed by atoms with Crippen LogP contribution in [0, 0.1) is 37.5 Å². The van der Waals surface area contributed by atoms with E-state index in [1.807, 2.05) is 0 Å². The van der Waals surface area contributed by atoms with Crippen molar-refractivity contribution in [2.24, 2.45) is 0 Å². The molecule has 0 aliphatic heterocycles. The molecule has 4 heteroatoms. The van der Waals surface area contributed by atoms with Gasteiger partial charge in [0.2, 0.25) is 0 Å². The number of nitrogens with zero attached hydrogens (tertiary/aromatic N) is 2. The Morgan fingerprint density at radius 1 is 0.625 bits per heavy atom. The molecule has 0 radical (unpaired) electrons. The van der Waals surface area contributed by atoms with Crippen molar-refractivity contribution in [2.45, 2.75) is 53.4 Å². The van der Waals surface area contributed by atoms with Gasteiger partial charge in [0.1, 0.15) is 0 Å². The molecule has 0 saturated carbocycles. The predicted octanol–water partition coefficient (Wildman–Crippen LogP) is 0.149. The fourth-order valence-electron chi connectivity index (χ4n) is 1.70. The Morgan fingerprint density at radius 2 is 0.875 bits per heavy atom. The summed E-state index contributed by atoms with van der Waals surface area (Å²) in [7, 11) is 0. The van der Waals surface area contributed by atoms with E-state index in [0.29, 0.717) is 0 Å². The molecule has 0 fully saturated rings. The molecule has 0 bridgehead atoms. The number of hydrogen-bond acceptors (Lipinski definition) is 2. The van der Waals surface area contributed by atoms with Gasteiger partial charge >= 0.3 is 119 Å². The molecule has 0 heterocycles. The first-order valence-corrected chi connectivity index (χ1v) is 9.41. The van der Waals surface area contributed by atoms with Gasteiger partial charge in [-0.15, -0.1) is 0 Å². The van der Waals surface area contributed by atoms with Crippen molar-refractivity contribution < 1.29 is 42.2 Å². The third kappa shape index (κ3) is 10.4. The predicted molar refractivity (Wildman–Crippen MR) is 64.3 cm³/mol. The first-order valence-electron chi connectivity index (χ1n) is 6.54. The van der Waals surface area contributed by atoms with Crippen molar-refractivity contribution >= 4 is 0 Å². The van der Waals surface area contributed by atoms with Crippen molar-refractivity contribution in [1.29, 1.82) is 0 Å². The minimum Gasteiger partial charge on any atom is -1.00 e. The molecule has 97 valence electrons. The maximum absolute atomic E-state index is 2.78. The molecule has 0 saturated heterocycles. The summed E-state index contributed by atoms with van der Waals surface area (Å²) in [6.07, 6.45) is 5.27. The Hall–Kier alpha value is 1.20. The van der Waals surface area contributed by atoms with Gasteiger partial charge in [-0.25, -0.2) is 0 Å². The first kappa shape index (κ1) is 19.5. The molecule has 0 N–H and O–H groups in total. The average molecular weight is 364 g/mol. The van der Waals surface area contributed by atoms with Gasteiger partial charge in [0, 0.05) is 0 Å². The van der Waals surface area contributed by atoms with Crippen molar-refractivity contribution in [1.82, 2.24) is 1.97 Å². The summed E-state index contributed by atoms with van der Waals surface area (Å²) in [5.41, 5.74) is 0. The summed E-state index contributed by atoms with van der Waals surface area (Å²) in [4.78, 5) is 0. The van der Waals surface area contributed by atoms with E-state index in [-0.39, 0.29) is 4.70 Å². The molecule has 0 amide bonds. The third-order valence-corrected chi connectivity index (χ3v) is 6.94. The van der Waals surface area contributed by atoms with Crippen LogP contribution in [0.3, 0.4) is 0 Å². The quantitative estimate of drug-likeness (QED) is 0.545. The van der Waals surface area contributed by atoms with Crippen LogP contribution in [0.5, 0.6) is 0 Å². The Morgan fingerprint density at radius 3 is 1.06 bits per heavy atom. The summed E-state index contributed by atoms with van der Waals surface area (Å²) in [6, 6.07) is 0. The first-order chi connectivity index (χ1) is 7.28. The van der Waals surface area contributed by atoms with Gasteiger partial charge in [-0.1, -0.05) is 0 Å². The van der Waals surface area contributed by atoms with Gasteiger partial charge in [-0.2, -0.15) is 0 Å². The summed E-state index contributed by atoms with van der Waals surface area (Å²) >= 11 is -0.661. The van der Waals surface area contributed by atoms with Crippen molar-refractivity contribution in [3.8, 4) is 0 Å². The van der Waals surface area contributed by atoms with E-state index >= 15 is 0 Å². The molecule has 2 nitrogen and oxygen atoms in total. The Labute approximate surface area is 123 Å². The third-order valence-electron chi connectivity index (χ3n) is 2.26. The topological polar surface area (TPSA) is 6.48 Å². The molecule has 0 aromatic carbocycles. The smallest absolute Gasteiger partial charge is 1.00 e. The summed E-state index contributed by atoms with van der Waals surface area (Å²) < 4.78 is 5.57. The van der Waals surface area contributed by atoms with Crippen LogP contribution in [0.15, 0.2) is 0 Å². The van der Waals surface area contributed by atoms with Crippen LogP contribution in [0.25, 0.3) is 0 Å². The maximum Gasteiger partial charge on any atom is -1.00 e. The summed E-state index contributed by atoms with van der Waals surface area (Å²) in [5, 5.41) is 0. The number of rotatable bonds is 10. The fourth-order valence-corrected chi connectivity index (χ4v) is 7.14.